The summed E-state index contributed by atoms with van der Waals surface area (Å²) in [7, 11) is 0. The highest BCUT2D eigenvalue weighted by atomic mass is 16.6. The lowest BCUT2D eigenvalue weighted by atomic mass is 10.2. The molecular formula is C11H13NO. The molecule has 1 rings (SSSR count). The first kappa shape index (κ1) is 9.52. The number of hydrogen-bond acceptors (Lipinski definition) is 2. The number of rotatable bonds is 4. The van der Waals surface area contributed by atoms with Crippen molar-refractivity contribution in [3.05, 3.63) is 48.0 Å². The summed E-state index contributed by atoms with van der Waals surface area (Å²) in [6.45, 7) is 6.02. The van der Waals surface area contributed by atoms with E-state index in [1.807, 2.05) is 24.3 Å². The highest BCUT2D eigenvalue weighted by Gasteiger charge is 1.86. The zero-order chi connectivity index (χ0) is 9.52. The first-order valence-electron chi connectivity index (χ1n) is 4.16. The largest absolute Gasteiger partial charge is 0.392 e. The molecule has 2 heteroatoms. The molecule has 0 aliphatic heterocycles. The summed E-state index contributed by atoms with van der Waals surface area (Å²) in [6.07, 6.45) is 3.34. The van der Waals surface area contributed by atoms with E-state index in [1.54, 1.807) is 12.3 Å². The molecule has 2 nitrogen and oxygen atoms in total. The van der Waals surface area contributed by atoms with E-state index < -0.39 is 0 Å². The lowest BCUT2D eigenvalue weighted by Gasteiger charge is -1.94. The van der Waals surface area contributed by atoms with Gasteiger partial charge in [-0.1, -0.05) is 47.6 Å². The molecule has 0 atom stereocenters. The Morgan fingerprint density at radius 2 is 2.08 bits per heavy atom. The summed E-state index contributed by atoms with van der Waals surface area (Å²) in [4.78, 5) is 4.87. The van der Waals surface area contributed by atoms with E-state index in [0.717, 1.165) is 5.56 Å². The zero-order valence-corrected chi connectivity index (χ0v) is 7.73. The van der Waals surface area contributed by atoms with Crippen molar-refractivity contribution in [1.82, 2.24) is 0 Å². The van der Waals surface area contributed by atoms with Crippen LogP contribution in [0.1, 0.15) is 11.1 Å². The van der Waals surface area contributed by atoms with Gasteiger partial charge in [-0.2, -0.15) is 0 Å². The Morgan fingerprint density at radius 1 is 1.38 bits per heavy atom. The molecule has 0 amide bonds. The Hall–Kier alpha value is -1.57. The van der Waals surface area contributed by atoms with Gasteiger partial charge in [0.15, 0.2) is 0 Å². The minimum Gasteiger partial charge on any atom is -0.392 e. The van der Waals surface area contributed by atoms with Crippen LogP contribution in [0.25, 0.3) is 0 Å². The first-order chi connectivity index (χ1) is 6.33. The van der Waals surface area contributed by atoms with Crippen molar-refractivity contribution < 1.29 is 4.84 Å². The molecule has 1 aromatic rings. The van der Waals surface area contributed by atoms with E-state index in [0.29, 0.717) is 6.61 Å². The van der Waals surface area contributed by atoms with Gasteiger partial charge in [-0.25, -0.2) is 0 Å². The monoisotopic (exact) mass is 175 g/mol. The maximum absolute atomic E-state index is 4.87. The van der Waals surface area contributed by atoms with Crippen molar-refractivity contribution in [3.63, 3.8) is 0 Å². The van der Waals surface area contributed by atoms with Crippen molar-refractivity contribution >= 4 is 6.21 Å². The van der Waals surface area contributed by atoms with Gasteiger partial charge in [0, 0.05) is 0 Å². The maximum atomic E-state index is 4.87. The molecule has 0 bridgehead atoms. The van der Waals surface area contributed by atoms with Crippen molar-refractivity contribution in [1.29, 1.82) is 0 Å². The normalized spacial score (nSPS) is 10.2. The lowest BCUT2D eigenvalue weighted by Crippen LogP contribution is -1.84. The topological polar surface area (TPSA) is 21.6 Å². The second-order valence-electron chi connectivity index (χ2n) is 2.73. The van der Waals surface area contributed by atoms with Crippen molar-refractivity contribution in [2.75, 3.05) is 6.61 Å². The van der Waals surface area contributed by atoms with Gasteiger partial charge in [-0.3, -0.25) is 0 Å². The highest BCUT2D eigenvalue weighted by Crippen LogP contribution is 2.00. The molecule has 0 aliphatic carbocycles. The fourth-order valence-corrected chi connectivity index (χ4v) is 0.846. The number of oxime groups is 1. The molecule has 0 radical (unpaired) electrons. The van der Waals surface area contributed by atoms with Gasteiger partial charge >= 0.3 is 0 Å². The van der Waals surface area contributed by atoms with Crippen LogP contribution in [0.5, 0.6) is 0 Å². The Bertz CT molecular complexity index is 287. The lowest BCUT2D eigenvalue weighted by molar-refractivity contribution is 0.176. The Balaban J connectivity index is 2.49. The summed E-state index contributed by atoms with van der Waals surface area (Å²) >= 11 is 0. The van der Waals surface area contributed by atoms with Gasteiger partial charge in [-0.05, 0) is 12.5 Å². The summed E-state index contributed by atoms with van der Waals surface area (Å²) in [5, 5.41) is 3.76. The summed E-state index contributed by atoms with van der Waals surface area (Å²) in [5.41, 5.74) is 2.28. The fourth-order valence-electron chi connectivity index (χ4n) is 0.846. The molecule has 0 aromatic heterocycles. The number of aryl methyl sites for hydroxylation is 1. The standard InChI is InChI=1S/C11H13NO/c1-3-8-13-12-9-11-6-4-10(2)5-7-11/h3-7,9H,1,8H2,2H3/b12-9+. The average molecular weight is 175 g/mol. The summed E-state index contributed by atoms with van der Waals surface area (Å²) in [5.74, 6) is 0. The minimum atomic E-state index is 0.447. The molecule has 0 fully saturated rings. The van der Waals surface area contributed by atoms with E-state index in [1.165, 1.54) is 5.56 Å². The third kappa shape index (κ3) is 3.56. The van der Waals surface area contributed by atoms with Crippen LogP contribution in [0.4, 0.5) is 0 Å². The third-order valence-corrected chi connectivity index (χ3v) is 1.55. The van der Waals surface area contributed by atoms with E-state index in [4.69, 9.17) is 4.84 Å². The minimum absolute atomic E-state index is 0.447. The van der Waals surface area contributed by atoms with Gasteiger partial charge < -0.3 is 4.84 Å². The van der Waals surface area contributed by atoms with Crippen molar-refractivity contribution in [2.45, 2.75) is 6.92 Å². The van der Waals surface area contributed by atoms with Crippen LogP contribution in [0.15, 0.2) is 42.1 Å². The summed E-state index contributed by atoms with van der Waals surface area (Å²) in [6, 6.07) is 8.07. The van der Waals surface area contributed by atoms with Crippen LogP contribution >= 0.6 is 0 Å². The van der Waals surface area contributed by atoms with Crippen LogP contribution in [-0.4, -0.2) is 12.8 Å². The highest BCUT2D eigenvalue weighted by molar-refractivity contribution is 5.79. The maximum Gasteiger partial charge on any atom is 0.135 e. The number of hydrogen-bond donors (Lipinski definition) is 0. The molecule has 13 heavy (non-hydrogen) atoms. The quantitative estimate of drug-likeness (QED) is 0.298. The first-order valence-corrected chi connectivity index (χ1v) is 4.16. The number of nitrogens with zero attached hydrogens (tertiary/aromatic N) is 1. The van der Waals surface area contributed by atoms with E-state index in [-0.39, 0.29) is 0 Å². The average Bonchev–Trinajstić information content (AvgIpc) is 2.15. The molecule has 0 unspecified atom stereocenters. The van der Waals surface area contributed by atoms with Gasteiger partial charge in [0.25, 0.3) is 0 Å². The predicted octanol–water partition coefficient (Wildman–Crippen LogP) is 2.53. The van der Waals surface area contributed by atoms with Crippen LogP contribution in [0, 0.1) is 6.92 Å². The number of benzene rings is 1. The van der Waals surface area contributed by atoms with Crippen LogP contribution in [0.3, 0.4) is 0 Å². The molecular weight excluding hydrogens is 162 g/mol. The molecule has 0 aliphatic rings. The molecule has 0 spiro atoms. The second-order valence-corrected chi connectivity index (χ2v) is 2.73. The Labute approximate surface area is 78.5 Å². The molecule has 0 heterocycles. The van der Waals surface area contributed by atoms with E-state index >= 15 is 0 Å². The molecule has 0 saturated carbocycles. The molecule has 0 N–H and O–H groups in total. The van der Waals surface area contributed by atoms with Gasteiger partial charge in [0.05, 0.1) is 6.21 Å². The zero-order valence-electron chi connectivity index (χ0n) is 7.73. The van der Waals surface area contributed by atoms with Crippen LogP contribution in [-0.2, 0) is 4.84 Å². The fraction of sp³-hybridized carbons (Fsp3) is 0.182. The van der Waals surface area contributed by atoms with Crippen molar-refractivity contribution in [3.8, 4) is 0 Å². The van der Waals surface area contributed by atoms with E-state index in [2.05, 4.69) is 18.7 Å². The van der Waals surface area contributed by atoms with E-state index in [9.17, 15) is 0 Å². The summed E-state index contributed by atoms with van der Waals surface area (Å²) < 4.78 is 0. The third-order valence-electron chi connectivity index (χ3n) is 1.55. The Kier molecular flexibility index (Phi) is 3.76. The molecule has 68 valence electrons. The van der Waals surface area contributed by atoms with Crippen LogP contribution < -0.4 is 0 Å². The smallest absolute Gasteiger partial charge is 0.135 e. The predicted molar refractivity (Wildman–Crippen MR) is 54.9 cm³/mol. The van der Waals surface area contributed by atoms with Gasteiger partial charge in [-0.15, -0.1) is 0 Å². The van der Waals surface area contributed by atoms with Crippen LogP contribution in [0.2, 0.25) is 0 Å². The second kappa shape index (κ2) is 5.14. The Morgan fingerprint density at radius 3 is 2.69 bits per heavy atom. The van der Waals surface area contributed by atoms with Gasteiger partial charge in [0.1, 0.15) is 6.61 Å². The SMILES string of the molecule is C=CCO/N=C/c1ccc(C)cc1. The van der Waals surface area contributed by atoms with Gasteiger partial charge in [0.2, 0.25) is 0 Å². The molecule has 0 saturated heterocycles. The van der Waals surface area contributed by atoms with Crippen molar-refractivity contribution in [2.24, 2.45) is 5.16 Å². The molecule has 1 aromatic carbocycles.